The molecule has 0 aromatic carbocycles. The first-order valence-corrected chi connectivity index (χ1v) is 15.0. The van der Waals surface area contributed by atoms with Gasteiger partial charge in [0.15, 0.2) is 0 Å². The molecule has 38 heavy (non-hydrogen) atoms. The Morgan fingerprint density at radius 3 is 2.47 bits per heavy atom. The van der Waals surface area contributed by atoms with Crippen molar-refractivity contribution in [2.24, 2.45) is 5.92 Å². The number of hydrogen-bond donors (Lipinski definition) is 2. The summed E-state index contributed by atoms with van der Waals surface area (Å²) >= 11 is 7.42. The molecule has 8 nitrogen and oxygen atoms in total. The van der Waals surface area contributed by atoms with Crippen LogP contribution in [0.25, 0.3) is 0 Å². The van der Waals surface area contributed by atoms with Gasteiger partial charge in [-0.2, -0.15) is 0 Å². The second-order valence-electron chi connectivity index (χ2n) is 11.1. The van der Waals surface area contributed by atoms with Gasteiger partial charge in [-0.3, -0.25) is 14.6 Å². The fraction of sp³-hybridized carbons (Fsp3) is 0.643. The molecule has 2 aromatic heterocycles. The quantitative estimate of drug-likeness (QED) is 0.430. The molecule has 2 aliphatic carbocycles. The standard InChI is InChI=1S/C28H41ClN6O2S/c1-34(2)22-11-9-21(10-12-22)32-27(36)24(13-19-7-5-4-6-8-19)33-28(37)25-17-31-26(38-25)18-35(3)23-14-20(29)15-30-16-23/h14-17,19,21-22,24H,4-13,18H2,1-3H3,(H,32,36)(H,33,37). The second kappa shape index (κ2) is 13.7. The molecule has 4 rings (SSSR count). The lowest BCUT2D eigenvalue weighted by Crippen LogP contribution is -2.51. The van der Waals surface area contributed by atoms with E-state index in [2.05, 4.69) is 39.6 Å². The molecule has 0 saturated heterocycles. The molecule has 0 radical (unpaired) electrons. The number of halogens is 1. The summed E-state index contributed by atoms with van der Waals surface area (Å²) in [6.07, 6.45) is 15.7. The summed E-state index contributed by atoms with van der Waals surface area (Å²) in [6, 6.07) is 2.08. The normalized spacial score (nSPS) is 21.2. The number of amides is 2. The summed E-state index contributed by atoms with van der Waals surface area (Å²) in [5.74, 6) is 0.199. The third-order valence-electron chi connectivity index (χ3n) is 7.97. The maximum atomic E-state index is 13.4. The Bertz CT molecular complexity index is 1070. The molecule has 0 bridgehead atoms. The van der Waals surface area contributed by atoms with Gasteiger partial charge in [-0.25, -0.2) is 4.98 Å². The van der Waals surface area contributed by atoms with Crippen molar-refractivity contribution in [1.29, 1.82) is 0 Å². The zero-order chi connectivity index (χ0) is 27.1. The number of pyridine rings is 1. The minimum atomic E-state index is -0.525. The van der Waals surface area contributed by atoms with Crippen LogP contribution in [0.1, 0.15) is 78.9 Å². The van der Waals surface area contributed by atoms with Crippen LogP contribution in [0.2, 0.25) is 5.02 Å². The van der Waals surface area contributed by atoms with Crippen molar-refractivity contribution in [3.63, 3.8) is 0 Å². The summed E-state index contributed by atoms with van der Waals surface area (Å²) in [5.41, 5.74) is 0.877. The molecular formula is C28H41ClN6O2S. The summed E-state index contributed by atoms with van der Waals surface area (Å²) in [7, 11) is 6.18. The van der Waals surface area contributed by atoms with E-state index >= 15 is 0 Å². The average molecular weight is 561 g/mol. The summed E-state index contributed by atoms with van der Waals surface area (Å²) in [4.78, 5) is 40.1. The first-order valence-electron chi connectivity index (χ1n) is 13.8. The lowest BCUT2D eigenvalue weighted by Gasteiger charge is -2.34. The Labute approximate surface area is 235 Å². The first kappa shape index (κ1) is 28.8. The van der Waals surface area contributed by atoms with Crippen molar-refractivity contribution in [2.45, 2.75) is 88.9 Å². The monoisotopic (exact) mass is 560 g/mol. The van der Waals surface area contributed by atoms with E-state index in [-0.39, 0.29) is 17.9 Å². The Hall–Kier alpha value is -2.23. The lowest BCUT2D eigenvalue weighted by molar-refractivity contribution is -0.124. The van der Waals surface area contributed by atoms with Gasteiger partial charge in [-0.05, 0) is 58.2 Å². The molecule has 10 heteroatoms. The smallest absolute Gasteiger partial charge is 0.263 e. The number of nitrogens with one attached hydrogen (secondary N) is 2. The van der Waals surface area contributed by atoms with Gasteiger partial charge in [0.05, 0.1) is 29.6 Å². The molecule has 2 aromatic rings. The Kier molecular flexibility index (Phi) is 10.4. The van der Waals surface area contributed by atoms with Crippen LogP contribution in [0.4, 0.5) is 5.69 Å². The fourth-order valence-electron chi connectivity index (χ4n) is 5.65. The van der Waals surface area contributed by atoms with Gasteiger partial charge in [-0.1, -0.05) is 43.7 Å². The second-order valence-corrected chi connectivity index (χ2v) is 12.6. The van der Waals surface area contributed by atoms with E-state index in [1.807, 2.05) is 18.0 Å². The number of nitrogens with zero attached hydrogens (tertiary/aromatic N) is 4. The van der Waals surface area contributed by atoms with E-state index in [4.69, 9.17) is 11.6 Å². The summed E-state index contributed by atoms with van der Waals surface area (Å²) in [5, 5.41) is 7.72. The van der Waals surface area contributed by atoms with Crippen LogP contribution < -0.4 is 15.5 Å². The zero-order valence-corrected chi connectivity index (χ0v) is 24.4. The topological polar surface area (TPSA) is 90.5 Å². The van der Waals surface area contributed by atoms with Crippen LogP contribution in [0.5, 0.6) is 0 Å². The van der Waals surface area contributed by atoms with E-state index < -0.39 is 6.04 Å². The largest absolute Gasteiger partial charge is 0.367 e. The number of aromatic nitrogens is 2. The predicted molar refractivity (Wildman–Crippen MR) is 154 cm³/mol. The Morgan fingerprint density at radius 1 is 1.05 bits per heavy atom. The number of carbonyl (C=O) groups excluding carboxylic acids is 2. The molecule has 2 fully saturated rings. The molecule has 0 aliphatic heterocycles. The summed E-state index contributed by atoms with van der Waals surface area (Å²) < 4.78 is 0. The van der Waals surface area contributed by atoms with E-state index in [9.17, 15) is 9.59 Å². The highest BCUT2D eigenvalue weighted by molar-refractivity contribution is 7.13. The minimum Gasteiger partial charge on any atom is -0.367 e. The fourth-order valence-corrected chi connectivity index (χ4v) is 6.69. The highest BCUT2D eigenvalue weighted by Crippen LogP contribution is 2.28. The van der Waals surface area contributed by atoms with Gasteiger partial charge < -0.3 is 20.4 Å². The van der Waals surface area contributed by atoms with Crippen molar-refractivity contribution in [3.8, 4) is 0 Å². The van der Waals surface area contributed by atoms with Gasteiger partial charge >= 0.3 is 0 Å². The van der Waals surface area contributed by atoms with Gasteiger partial charge in [-0.15, -0.1) is 11.3 Å². The molecule has 1 unspecified atom stereocenters. The number of anilines is 1. The molecule has 2 aliphatic rings. The third kappa shape index (κ3) is 8.13. The molecular weight excluding hydrogens is 520 g/mol. The molecule has 2 saturated carbocycles. The average Bonchev–Trinajstić information content (AvgIpc) is 3.38. The van der Waals surface area contributed by atoms with Crippen molar-refractivity contribution < 1.29 is 9.59 Å². The zero-order valence-electron chi connectivity index (χ0n) is 22.8. The van der Waals surface area contributed by atoms with E-state index in [1.54, 1.807) is 18.6 Å². The van der Waals surface area contributed by atoms with Gasteiger partial charge in [0, 0.05) is 25.3 Å². The van der Waals surface area contributed by atoms with Crippen LogP contribution in [0.3, 0.4) is 0 Å². The van der Waals surface area contributed by atoms with Crippen LogP contribution in [0.15, 0.2) is 24.7 Å². The minimum absolute atomic E-state index is 0.0462. The lowest BCUT2D eigenvalue weighted by atomic mass is 9.84. The predicted octanol–water partition coefficient (Wildman–Crippen LogP) is 4.89. The third-order valence-corrected chi connectivity index (χ3v) is 9.16. The van der Waals surface area contributed by atoms with E-state index in [1.165, 1.54) is 30.6 Å². The maximum absolute atomic E-state index is 13.4. The van der Waals surface area contributed by atoms with E-state index in [0.717, 1.165) is 49.2 Å². The number of hydrogen-bond acceptors (Lipinski definition) is 7. The highest BCUT2D eigenvalue weighted by atomic mass is 35.5. The molecule has 2 amide bonds. The number of carbonyl (C=O) groups is 2. The highest BCUT2D eigenvalue weighted by Gasteiger charge is 2.30. The van der Waals surface area contributed by atoms with Crippen molar-refractivity contribution in [2.75, 3.05) is 26.0 Å². The van der Waals surface area contributed by atoms with E-state index in [0.29, 0.717) is 34.8 Å². The van der Waals surface area contributed by atoms with Crippen LogP contribution >= 0.6 is 22.9 Å². The van der Waals surface area contributed by atoms with Crippen molar-refractivity contribution in [3.05, 3.63) is 39.6 Å². The maximum Gasteiger partial charge on any atom is 0.263 e. The van der Waals surface area contributed by atoms with Gasteiger partial charge in [0.25, 0.3) is 5.91 Å². The van der Waals surface area contributed by atoms with Crippen LogP contribution in [-0.2, 0) is 11.3 Å². The van der Waals surface area contributed by atoms with Crippen LogP contribution in [-0.4, -0.2) is 66.0 Å². The molecule has 0 spiro atoms. The van der Waals surface area contributed by atoms with Gasteiger partial charge in [0.2, 0.25) is 5.91 Å². The number of rotatable bonds is 10. The van der Waals surface area contributed by atoms with Crippen molar-refractivity contribution in [1.82, 2.24) is 25.5 Å². The molecule has 1 atom stereocenters. The van der Waals surface area contributed by atoms with Crippen LogP contribution in [0, 0.1) is 5.92 Å². The van der Waals surface area contributed by atoms with Gasteiger partial charge in [0.1, 0.15) is 15.9 Å². The molecule has 2 heterocycles. The molecule has 2 N–H and O–H groups in total. The Morgan fingerprint density at radius 2 is 1.79 bits per heavy atom. The Balaban J connectivity index is 1.37. The van der Waals surface area contributed by atoms with Crippen molar-refractivity contribution >= 4 is 40.4 Å². The number of thiazole rings is 1. The SMILES string of the molecule is CN(Cc1ncc(C(=O)NC(CC2CCCCC2)C(=O)NC2CCC(N(C)C)CC2)s1)c1cncc(Cl)c1. The first-order chi connectivity index (χ1) is 18.3. The molecule has 208 valence electrons. The summed E-state index contributed by atoms with van der Waals surface area (Å²) in [6.45, 7) is 0.529.